The maximum atomic E-state index is 2.46. The van der Waals surface area contributed by atoms with Gasteiger partial charge in [0.25, 0.3) is 0 Å². The molecule has 0 bridgehead atoms. The van der Waals surface area contributed by atoms with E-state index in [2.05, 4.69) is 203 Å². The van der Waals surface area contributed by atoms with Crippen LogP contribution in [-0.2, 0) is 0 Å². The Morgan fingerprint density at radius 2 is 0.679 bits per heavy atom. The van der Waals surface area contributed by atoms with Crippen LogP contribution in [0.2, 0.25) is 0 Å². The highest BCUT2D eigenvalue weighted by Gasteiger charge is 2.20. The van der Waals surface area contributed by atoms with Crippen molar-refractivity contribution in [3.8, 4) is 28.2 Å². The van der Waals surface area contributed by atoms with Crippen molar-refractivity contribution in [3.63, 3.8) is 0 Å². The van der Waals surface area contributed by atoms with E-state index in [1.165, 1.54) is 82.1 Å². The van der Waals surface area contributed by atoms with Crippen LogP contribution in [0.5, 0.6) is 0 Å². The lowest BCUT2D eigenvalue weighted by molar-refractivity contribution is 1.13. The molecule has 3 nitrogen and oxygen atoms in total. The van der Waals surface area contributed by atoms with Gasteiger partial charge in [-0.2, -0.15) is 0 Å². The Hall–Kier alpha value is -6.84. The first-order chi connectivity index (χ1) is 26.1. The Kier molecular flexibility index (Phi) is 6.38. The van der Waals surface area contributed by atoms with Crippen LogP contribution in [0.15, 0.2) is 176 Å². The number of rotatable bonds is 4. The third-order valence-corrected chi connectivity index (χ3v) is 11.1. The summed E-state index contributed by atoms with van der Waals surface area (Å²) in [6, 6.07) is 64.9. The monoisotopic (exact) mass is 677 g/mol. The first-order valence-corrected chi connectivity index (χ1v) is 18.4. The lowest BCUT2D eigenvalue weighted by atomic mass is 10.0. The molecular weight excluding hydrogens is 643 g/mol. The standard InChI is InChI=1S/C50H35N3/c1-32-23-25-49-42(27-32)40-16-6-9-19-45(40)51(49)35-29-34(30-36(31-35)52-46-20-10-7-17-41(46)43-28-33(2)24-26-50(43)52)37-13-3-8-18-44(37)53-47-21-11-4-14-38(47)39-15-5-12-22-48(39)53/h3-31H,1-2H3. The molecular formula is C50H35N3. The Bertz CT molecular complexity index is 3070. The predicted octanol–water partition coefficient (Wildman–Crippen LogP) is 13.3. The fourth-order valence-corrected chi connectivity index (χ4v) is 8.83. The number of para-hydroxylation sites is 5. The van der Waals surface area contributed by atoms with Gasteiger partial charge in [0.1, 0.15) is 0 Å². The summed E-state index contributed by atoms with van der Waals surface area (Å²) in [6.07, 6.45) is 0. The fourth-order valence-electron chi connectivity index (χ4n) is 8.83. The quantitative estimate of drug-likeness (QED) is 0.176. The summed E-state index contributed by atoms with van der Waals surface area (Å²) in [7, 11) is 0. The second-order valence-corrected chi connectivity index (χ2v) is 14.4. The minimum absolute atomic E-state index is 1.13. The number of nitrogens with zero attached hydrogens (tertiary/aromatic N) is 3. The molecule has 0 unspecified atom stereocenters. The van der Waals surface area contributed by atoms with Crippen molar-refractivity contribution in [1.29, 1.82) is 0 Å². The van der Waals surface area contributed by atoms with Gasteiger partial charge in [0.2, 0.25) is 0 Å². The summed E-state index contributed by atoms with van der Waals surface area (Å²) in [5.41, 5.74) is 15.5. The third kappa shape index (κ3) is 4.41. The van der Waals surface area contributed by atoms with Crippen molar-refractivity contribution >= 4 is 65.4 Å². The lowest BCUT2D eigenvalue weighted by Gasteiger charge is -2.18. The molecule has 0 atom stereocenters. The van der Waals surface area contributed by atoms with E-state index in [0.717, 1.165) is 22.6 Å². The SMILES string of the molecule is Cc1ccc2c(c1)c1ccccc1n2-c1cc(-c2ccccc2-n2c3ccccc3c3ccccc32)cc(-n2c3ccccc3c3cc(C)ccc32)c1. The highest BCUT2D eigenvalue weighted by Crippen LogP contribution is 2.41. The largest absolute Gasteiger partial charge is 0.309 e. The van der Waals surface area contributed by atoms with Crippen LogP contribution >= 0.6 is 0 Å². The Morgan fingerprint density at radius 1 is 0.302 bits per heavy atom. The van der Waals surface area contributed by atoms with Gasteiger partial charge >= 0.3 is 0 Å². The topological polar surface area (TPSA) is 14.8 Å². The predicted molar refractivity (Wildman–Crippen MR) is 224 cm³/mol. The van der Waals surface area contributed by atoms with Crippen molar-refractivity contribution in [2.45, 2.75) is 13.8 Å². The van der Waals surface area contributed by atoms with E-state index in [4.69, 9.17) is 0 Å². The van der Waals surface area contributed by atoms with Crippen LogP contribution in [0.1, 0.15) is 11.1 Å². The summed E-state index contributed by atoms with van der Waals surface area (Å²) in [4.78, 5) is 0. The summed E-state index contributed by atoms with van der Waals surface area (Å²) >= 11 is 0. The fraction of sp³-hybridized carbons (Fsp3) is 0.0400. The number of hydrogen-bond donors (Lipinski definition) is 0. The van der Waals surface area contributed by atoms with Gasteiger partial charge < -0.3 is 13.7 Å². The van der Waals surface area contributed by atoms with Crippen molar-refractivity contribution in [2.75, 3.05) is 0 Å². The Morgan fingerprint density at radius 3 is 1.17 bits per heavy atom. The number of hydrogen-bond acceptors (Lipinski definition) is 0. The molecule has 3 aromatic heterocycles. The van der Waals surface area contributed by atoms with E-state index in [1.807, 2.05) is 0 Å². The number of benzene rings is 8. The second kappa shape index (κ2) is 11.3. The minimum atomic E-state index is 1.13. The first kappa shape index (κ1) is 29.8. The van der Waals surface area contributed by atoms with E-state index in [-0.39, 0.29) is 0 Å². The number of fused-ring (bicyclic) bond motifs is 9. The van der Waals surface area contributed by atoms with Gasteiger partial charge in [0.05, 0.1) is 38.8 Å². The van der Waals surface area contributed by atoms with Gasteiger partial charge in [-0.3, -0.25) is 0 Å². The van der Waals surface area contributed by atoms with Crippen molar-refractivity contribution in [1.82, 2.24) is 13.7 Å². The minimum Gasteiger partial charge on any atom is -0.309 e. The lowest BCUT2D eigenvalue weighted by Crippen LogP contribution is -2.02. The number of aromatic nitrogens is 3. The van der Waals surface area contributed by atoms with Crippen LogP contribution in [0, 0.1) is 13.8 Å². The van der Waals surface area contributed by atoms with Crippen LogP contribution in [0.4, 0.5) is 0 Å². The van der Waals surface area contributed by atoms with E-state index in [0.29, 0.717) is 0 Å². The Balaban J connectivity index is 1.27. The highest BCUT2D eigenvalue weighted by atomic mass is 15.0. The molecule has 0 saturated carbocycles. The summed E-state index contributed by atoms with van der Waals surface area (Å²) in [6.45, 7) is 4.36. The van der Waals surface area contributed by atoms with E-state index in [1.54, 1.807) is 0 Å². The zero-order chi connectivity index (χ0) is 35.2. The molecule has 0 saturated heterocycles. The van der Waals surface area contributed by atoms with Crippen molar-refractivity contribution in [3.05, 3.63) is 187 Å². The van der Waals surface area contributed by atoms with Gasteiger partial charge in [-0.05, 0) is 92.2 Å². The average Bonchev–Trinajstić information content (AvgIpc) is 3.83. The average molecular weight is 678 g/mol. The molecule has 3 heterocycles. The molecule has 0 aliphatic heterocycles. The molecule has 0 N–H and O–H groups in total. The molecule has 8 aromatic carbocycles. The van der Waals surface area contributed by atoms with Gasteiger partial charge in [-0.15, -0.1) is 0 Å². The van der Waals surface area contributed by atoms with Gasteiger partial charge in [0, 0.05) is 49.3 Å². The molecule has 0 aliphatic rings. The van der Waals surface area contributed by atoms with Gasteiger partial charge in [-0.25, -0.2) is 0 Å². The Labute approximate surface area is 307 Å². The zero-order valence-electron chi connectivity index (χ0n) is 29.6. The molecule has 53 heavy (non-hydrogen) atoms. The van der Waals surface area contributed by atoms with Crippen LogP contribution in [-0.4, -0.2) is 13.7 Å². The molecule has 0 radical (unpaired) electrons. The molecule has 0 aliphatic carbocycles. The molecule has 0 spiro atoms. The smallest absolute Gasteiger partial charge is 0.0541 e. The summed E-state index contributed by atoms with van der Waals surface area (Å²) in [5, 5.41) is 7.57. The van der Waals surface area contributed by atoms with Gasteiger partial charge in [0.15, 0.2) is 0 Å². The molecule has 0 amide bonds. The van der Waals surface area contributed by atoms with Crippen LogP contribution in [0.3, 0.4) is 0 Å². The maximum Gasteiger partial charge on any atom is 0.0541 e. The molecule has 0 fully saturated rings. The van der Waals surface area contributed by atoms with E-state index >= 15 is 0 Å². The second-order valence-electron chi connectivity index (χ2n) is 14.4. The van der Waals surface area contributed by atoms with Crippen LogP contribution < -0.4 is 0 Å². The van der Waals surface area contributed by atoms with E-state index < -0.39 is 0 Å². The summed E-state index contributed by atoms with van der Waals surface area (Å²) < 4.78 is 7.36. The summed E-state index contributed by atoms with van der Waals surface area (Å²) in [5.74, 6) is 0. The maximum absolute atomic E-state index is 2.46. The molecule has 3 heteroatoms. The molecule has 11 aromatic rings. The van der Waals surface area contributed by atoms with Crippen LogP contribution in [0.25, 0.3) is 93.6 Å². The normalized spacial score (nSPS) is 12.0. The van der Waals surface area contributed by atoms with Gasteiger partial charge in [-0.1, -0.05) is 114 Å². The third-order valence-electron chi connectivity index (χ3n) is 11.1. The number of aryl methyl sites for hydroxylation is 2. The van der Waals surface area contributed by atoms with Crippen molar-refractivity contribution in [2.24, 2.45) is 0 Å². The molecule has 11 rings (SSSR count). The first-order valence-electron chi connectivity index (χ1n) is 18.4. The van der Waals surface area contributed by atoms with Crippen molar-refractivity contribution < 1.29 is 0 Å². The molecule has 250 valence electrons. The van der Waals surface area contributed by atoms with E-state index in [9.17, 15) is 0 Å². The highest BCUT2D eigenvalue weighted by molar-refractivity contribution is 6.12. The zero-order valence-corrected chi connectivity index (χ0v) is 29.6.